The lowest BCUT2D eigenvalue weighted by molar-refractivity contribution is -0.135. The minimum absolute atomic E-state index is 0.156. The molecule has 0 radical (unpaired) electrons. The maximum atomic E-state index is 12.1. The summed E-state index contributed by atoms with van der Waals surface area (Å²) >= 11 is 1.61. The summed E-state index contributed by atoms with van der Waals surface area (Å²) < 4.78 is 0. The molecule has 20 heavy (non-hydrogen) atoms. The second-order valence-electron chi connectivity index (χ2n) is 5.18. The summed E-state index contributed by atoms with van der Waals surface area (Å²) in [5.41, 5.74) is 6.91. The summed E-state index contributed by atoms with van der Waals surface area (Å²) in [5.74, 6) is -0.571. The average molecular weight is 293 g/mol. The van der Waals surface area contributed by atoms with E-state index in [0.29, 0.717) is 6.54 Å². The lowest BCUT2D eigenvalue weighted by Crippen LogP contribution is -2.64. The average Bonchev–Trinajstić information content (AvgIpc) is 2.42. The quantitative estimate of drug-likeness (QED) is 0.645. The van der Waals surface area contributed by atoms with Crippen LogP contribution in [0.1, 0.15) is 19.4 Å². The van der Waals surface area contributed by atoms with Crippen molar-refractivity contribution >= 4 is 29.3 Å². The standard InChI is InChI=1S/C14H19N3O2S/c1-14(2)13(19)16-12(18)8-17(14)10-5-4-6-11(20-3)9(10)7-15/h4-6H,7-8,15H2,1-3H3,(H,16,18,19). The van der Waals surface area contributed by atoms with Crippen LogP contribution in [-0.4, -0.2) is 30.2 Å². The Morgan fingerprint density at radius 1 is 1.40 bits per heavy atom. The summed E-state index contributed by atoms with van der Waals surface area (Å²) in [6.07, 6.45) is 1.98. The third-order valence-corrected chi connectivity index (χ3v) is 4.43. The van der Waals surface area contributed by atoms with Gasteiger partial charge in [0.15, 0.2) is 0 Å². The lowest BCUT2D eigenvalue weighted by atomic mass is 9.96. The van der Waals surface area contributed by atoms with E-state index in [0.717, 1.165) is 16.1 Å². The highest BCUT2D eigenvalue weighted by Gasteiger charge is 2.41. The topological polar surface area (TPSA) is 75.4 Å². The molecule has 0 spiro atoms. The van der Waals surface area contributed by atoms with Gasteiger partial charge in [-0.2, -0.15) is 0 Å². The largest absolute Gasteiger partial charge is 0.348 e. The molecule has 1 aliphatic heterocycles. The third-order valence-electron chi connectivity index (χ3n) is 3.61. The predicted molar refractivity (Wildman–Crippen MR) is 80.7 cm³/mol. The number of benzene rings is 1. The maximum Gasteiger partial charge on any atom is 0.251 e. The first-order valence-electron chi connectivity index (χ1n) is 6.39. The van der Waals surface area contributed by atoms with E-state index >= 15 is 0 Å². The molecular weight excluding hydrogens is 274 g/mol. The Morgan fingerprint density at radius 3 is 2.70 bits per heavy atom. The molecule has 0 aromatic heterocycles. The molecule has 1 saturated heterocycles. The van der Waals surface area contributed by atoms with E-state index in [9.17, 15) is 9.59 Å². The number of hydrogen-bond donors (Lipinski definition) is 2. The number of amides is 2. The zero-order valence-electron chi connectivity index (χ0n) is 11.9. The van der Waals surface area contributed by atoms with Gasteiger partial charge in [0.25, 0.3) is 5.91 Å². The van der Waals surface area contributed by atoms with Crippen molar-refractivity contribution in [1.82, 2.24) is 5.32 Å². The van der Waals surface area contributed by atoms with Crippen LogP contribution in [0, 0.1) is 0 Å². The van der Waals surface area contributed by atoms with Gasteiger partial charge in [-0.05, 0) is 32.2 Å². The Labute approximate surface area is 122 Å². The number of carbonyl (C=O) groups excluding carboxylic acids is 2. The SMILES string of the molecule is CSc1cccc(N2CC(=O)NC(=O)C2(C)C)c1CN. The van der Waals surface area contributed by atoms with Crippen LogP contribution < -0.4 is 16.0 Å². The number of thioether (sulfide) groups is 1. The van der Waals surface area contributed by atoms with Crippen molar-refractivity contribution in [3.8, 4) is 0 Å². The molecule has 5 nitrogen and oxygen atoms in total. The summed E-state index contributed by atoms with van der Waals surface area (Å²) in [4.78, 5) is 26.6. The minimum atomic E-state index is -0.783. The van der Waals surface area contributed by atoms with Gasteiger partial charge in [-0.15, -0.1) is 11.8 Å². The third kappa shape index (κ3) is 2.41. The fourth-order valence-corrected chi connectivity index (χ4v) is 3.02. The van der Waals surface area contributed by atoms with Crippen LogP contribution in [-0.2, 0) is 16.1 Å². The number of anilines is 1. The van der Waals surface area contributed by atoms with Crippen LogP contribution in [0.3, 0.4) is 0 Å². The second-order valence-corrected chi connectivity index (χ2v) is 6.03. The zero-order valence-corrected chi connectivity index (χ0v) is 12.7. The van der Waals surface area contributed by atoms with Crippen LogP contribution in [0.2, 0.25) is 0 Å². The fraction of sp³-hybridized carbons (Fsp3) is 0.429. The van der Waals surface area contributed by atoms with Gasteiger partial charge < -0.3 is 10.6 Å². The molecule has 1 aromatic rings. The first-order chi connectivity index (χ1) is 9.41. The van der Waals surface area contributed by atoms with Gasteiger partial charge in [-0.3, -0.25) is 14.9 Å². The van der Waals surface area contributed by atoms with Crippen molar-refractivity contribution in [2.45, 2.75) is 30.8 Å². The number of nitrogens with two attached hydrogens (primary N) is 1. The van der Waals surface area contributed by atoms with Gasteiger partial charge in [-0.1, -0.05) is 6.07 Å². The van der Waals surface area contributed by atoms with Crippen LogP contribution in [0.4, 0.5) is 5.69 Å². The number of piperazine rings is 1. The highest BCUT2D eigenvalue weighted by molar-refractivity contribution is 7.98. The summed E-state index contributed by atoms with van der Waals surface area (Å²) in [5, 5.41) is 2.38. The van der Waals surface area contributed by atoms with Crippen molar-refractivity contribution < 1.29 is 9.59 Å². The minimum Gasteiger partial charge on any atom is -0.348 e. The molecule has 2 amide bonds. The second kappa shape index (κ2) is 5.46. The predicted octanol–water partition coefficient (Wildman–Crippen LogP) is 1.11. The molecule has 0 aliphatic carbocycles. The van der Waals surface area contributed by atoms with Gasteiger partial charge in [0.05, 0.1) is 6.54 Å². The molecule has 0 atom stereocenters. The molecule has 0 unspecified atom stereocenters. The Hall–Kier alpha value is -1.53. The number of rotatable bonds is 3. The first kappa shape index (κ1) is 14.9. The molecule has 3 N–H and O–H groups in total. The fourth-order valence-electron chi connectivity index (χ4n) is 2.37. The molecule has 1 aliphatic rings. The molecule has 1 heterocycles. The number of nitrogens with one attached hydrogen (secondary N) is 1. The van der Waals surface area contributed by atoms with Crippen molar-refractivity contribution in [2.24, 2.45) is 5.73 Å². The summed E-state index contributed by atoms with van der Waals surface area (Å²) in [6.45, 7) is 4.14. The van der Waals surface area contributed by atoms with Crippen LogP contribution >= 0.6 is 11.8 Å². The van der Waals surface area contributed by atoms with Gasteiger partial charge in [0.2, 0.25) is 5.91 Å². The van der Waals surface area contributed by atoms with Crippen LogP contribution in [0.25, 0.3) is 0 Å². The molecule has 1 fully saturated rings. The van der Waals surface area contributed by atoms with Crippen molar-refractivity contribution in [2.75, 3.05) is 17.7 Å². The van der Waals surface area contributed by atoms with Crippen LogP contribution in [0.15, 0.2) is 23.1 Å². The van der Waals surface area contributed by atoms with E-state index in [1.165, 1.54) is 0 Å². The number of hydrogen-bond acceptors (Lipinski definition) is 5. The van der Waals surface area contributed by atoms with Crippen molar-refractivity contribution in [3.05, 3.63) is 23.8 Å². The first-order valence-corrected chi connectivity index (χ1v) is 7.62. The van der Waals surface area contributed by atoms with Gasteiger partial charge >= 0.3 is 0 Å². The molecule has 2 rings (SSSR count). The molecular formula is C14H19N3O2S. The van der Waals surface area contributed by atoms with Crippen molar-refractivity contribution in [3.63, 3.8) is 0 Å². The van der Waals surface area contributed by atoms with Gasteiger partial charge in [-0.25, -0.2) is 0 Å². The monoisotopic (exact) mass is 293 g/mol. The molecule has 0 saturated carbocycles. The van der Waals surface area contributed by atoms with E-state index < -0.39 is 5.54 Å². The van der Waals surface area contributed by atoms with Gasteiger partial charge in [0, 0.05) is 22.7 Å². The van der Waals surface area contributed by atoms with Gasteiger partial charge in [0.1, 0.15) is 5.54 Å². The van der Waals surface area contributed by atoms with Crippen LogP contribution in [0.5, 0.6) is 0 Å². The Bertz CT molecular complexity index is 557. The normalized spacial score (nSPS) is 18.1. The number of imide groups is 1. The van der Waals surface area contributed by atoms with E-state index in [4.69, 9.17) is 5.73 Å². The molecule has 6 heteroatoms. The molecule has 1 aromatic carbocycles. The maximum absolute atomic E-state index is 12.1. The molecule has 108 valence electrons. The van der Waals surface area contributed by atoms with Crippen molar-refractivity contribution in [1.29, 1.82) is 0 Å². The summed E-state index contributed by atoms with van der Waals surface area (Å²) in [6, 6.07) is 5.83. The highest BCUT2D eigenvalue weighted by atomic mass is 32.2. The number of nitrogens with zero attached hydrogens (tertiary/aromatic N) is 1. The highest BCUT2D eigenvalue weighted by Crippen LogP contribution is 2.34. The lowest BCUT2D eigenvalue weighted by Gasteiger charge is -2.42. The Morgan fingerprint density at radius 2 is 2.10 bits per heavy atom. The molecule has 0 bridgehead atoms. The van der Waals surface area contributed by atoms with E-state index in [1.54, 1.807) is 25.6 Å². The Balaban J connectivity index is 2.54. The Kier molecular flexibility index (Phi) is 4.06. The number of carbonyl (C=O) groups is 2. The smallest absolute Gasteiger partial charge is 0.251 e. The van der Waals surface area contributed by atoms with E-state index in [-0.39, 0.29) is 18.4 Å². The summed E-state index contributed by atoms with van der Waals surface area (Å²) in [7, 11) is 0. The zero-order chi connectivity index (χ0) is 14.9. The van der Waals surface area contributed by atoms with E-state index in [2.05, 4.69) is 5.32 Å². The van der Waals surface area contributed by atoms with E-state index in [1.807, 2.05) is 29.4 Å².